The van der Waals surface area contributed by atoms with Gasteiger partial charge in [-0.25, -0.2) is 0 Å². The Morgan fingerprint density at radius 3 is 2.42 bits per heavy atom. The largest absolute Gasteiger partial charge is 0.354 e. The number of hydrogen-bond donors (Lipinski definition) is 1. The molecule has 0 fully saturated rings. The molecule has 1 N–H and O–H groups in total. The molecule has 4 aromatic carbocycles. The van der Waals surface area contributed by atoms with Crippen molar-refractivity contribution in [3.63, 3.8) is 0 Å². The highest BCUT2D eigenvalue weighted by atomic mass is 32.2. The molecule has 0 saturated carbocycles. The normalized spacial score (nSPS) is 16.1. The number of fused-ring (bicyclic) bond motifs is 7. The minimum absolute atomic E-state index is 0.404. The maximum absolute atomic E-state index is 3.67. The van der Waals surface area contributed by atoms with E-state index in [9.17, 15) is 0 Å². The second-order valence-corrected chi connectivity index (χ2v) is 8.19. The standard InChI is InChI=1S/C24H17NS/c1-14-17-10-11-19-18-8-4-5-9-21(18)25-23(19)24(17)26-22-13-16-7-3-2-6-15(16)12-20(14)22/h2-14,25H,1H3. The number of aromatic nitrogens is 1. The average molecular weight is 351 g/mol. The Labute approximate surface area is 156 Å². The first-order valence-electron chi connectivity index (χ1n) is 9.03. The summed E-state index contributed by atoms with van der Waals surface area (Å²) < 4.78 is 0. The molecule has 124 valence electrons. The van der Waals surface area contributed by atoms with E-state index in [1.165, 1.54) is 53.5 Å². The monoisotopic (exact) mass is 351 g/mol. The summed E-state index contributed by atoms with van der Waals surface area (Å²) in [7, 11) is 0. The third-order valence-electron chi connectivity index (χ3n) is 5.69. The second kappa shape index (κ2) is 5.15. The van der Waals surface area contributed by atoms with Crippen LogP contribution in [0.15, 0.2) is 82.6 Å². The van der Waals surface area contributed by atoms with Crippen LogP contribution in [0.5, 0.6) is 0 Å². The summed E-state index contributed by atoms with van der Waals surface area (Å²) >= 11 is 1.91. The van der Waals surface area contributed by atoms with Crippen LogP contribution in [0.1, 0.15) is 24.0 Å². The van der Waals surface area contributed by atoms with Crippen molar-refractivity contribution in [1.29, 1.82) is 0 Å². The molecule has 1 aliphatic heterocycles. The third-order valence-corrected chi connectivity index (χ3v) is 6.91. The zero-order valence-electron chi connectivity index (χ0n) is 14.4. The zero-order valence-corrected chi connectivity index (χ0v) is 15.2. The molecular weight excluding hydrogens is 334 g/mol. The summed E-state index contributed by atoms with van der Waals surface area (Å²) in [6, 6.07) is 26.6. The number of H-pyrrole nitrogens is 1. The van der Waals surface area contributed by atoms with Crippen molar-refractivity contribution in [3.05, 3.63) is 83.9 Å². The van der Waals surface area contributed by atoms with E-state index in [0.29, 0.717) is 5.92 Å². The quantitative estimate of drug-likeness (QED) is 0.315. The lowest BCUT2D eigenvalue weighted by Crippen LogP contribution is -2.05. The van der Waals surface area contributed by atoms with E-state index in [-0.39, 0.29) is 0 Å². The highest BCUT2D eigenvalue weighted by molar-refractivity contribution is 7.99. The highest BCUT2D eigenvalue weighted by Crippen LogP contribution is 2.50. The van der Waals surface area contributed by atoms with Crippen molar-refractivity contribution in [2.75, 3.05) is 0 Å². The topological polar surface area (TPSA) is 15.8 Å². The Bertz CT molecular complexity index is 1330. The number of hydrogen-bond acceptors (Lipinski definition) is 1. The lowest BCUT2D eigenvalue weighted by molar-refractivity contribution is 0.863. The fourth-order valence-corrected chi connectivity index (χ4v) is 5.69. The Morgan fingerprint density at radius 2 is 1.54 bits per heavy atom. The molecule has 1 unspecified atom stereocenters. The molecule has 0 spiro atoms. The van der Waals surface area contributed by atoms with Crippen LogP contribution in [-0.2, 0) is 0 Å². The molecule has 26 heavy (non-hydrogen) atoms. The zero-order chi connectivity index (χ0) is 17.3. The van der Waals surface area contributed by atoms with E-state index < -0.39 is 0 Å². The summed E-state index contributed by atoms with van der Waals surface area (Å²) in [6.07, 6.45) is 0. The summed E-state index contributed by atoms with van der Waals surface area (Å²) in [5, 5.41) is 5.28. The number of rotatable bonds is 0. The lowest BCUT2D eigenvalue weighted by atomic mass is 9.90. The molecule has 5 aromatic rings. The van der Waals surface area contributed by atoms with Crippen molar-refractivity contribution in [2.45, 2.75) is 22.6 Å². The van der Waals surface area contributed by atoms with Gasteiger partial charge in [0, 0.05) is 32.0 Å². The fourth-order valence-electron chi connectivity index (χ4n) is 4.30. The van der Waals surface area contributed by atoms with Gasteiger partial charge in [-0.1, -0.05) is 73.3 Å². The van der Waals surface area contributed by atoms with Crippen LogP contribution in [0.25, 0.3) is 32.6 Å². The lowest BCUT2D eigenvalue weighted by Gasteiger charge is -2.26. The number of para-hydroxylation sites is 1. The van der Waals surface area contributed by atoms with Gasteiger partial charge in [0.25, 0.3) is 0 Å². The minimum Gasteiger partial charge on any atom is -0.354 e. The molecular formula is C24H17NS. The Morgan fingerprint density at radius 1 is 0.769 bits per heavy atom. The van der Waals surface area contributed by atoms with Gasteiger partial charge in [0.05, 0.1) is 5.52 Å². The summed E-state index contributed by atoms with van der Waals surface area (Å²) in [5.74, 6) is 0.404. The highest BCUT2D eigenvalue weighted by Gasteiger charge is 2.26. The number of nitrogens with one attached hydrogen (secondary N) is 1. The molecule has 2 heteroatoms. The van der Waals surface area contributed by atoms with Gasteiger partial charge in [-0.15, -0.1) is 0 Å². The molecule has 6 rings (SSSR count). The van der Waals surface area contributed by atoms with Gasteiger partial charge in [-0.2, -0.15) is 0 Å². The first kappa shape index (κ1) is 14.5. The van der Waals surface area contributed by atoms with Gasteiger partial charge in [0.15, 0.2) is 0 Å². The number of benzene rings is 4. The van der Waals surface area contributed by atoms with E-state index in [2.05, 4.69) is 84.7 Å². The molecule has 1 aromatic heterocycles. The molecule has 0 aliphatic carbocycles. The molecule has 2 heterocycles. The van der Waals surface area contributed by atoms with E-state index in [1.54, 1.807) is 0 Å². The van der Waals surface area contributed by atoms with Crippen LogP contribution < -0.4 is 0 Å². The second-order valence-electron chi connectivity index (χ2n) is 7.14. The van der Waals surface area contributed by atoms with Crippen LogP contribution in [0.4, 0.5) is 0 Å². The maximum Gasteiger partial charge on any atom is 0.0609 e. The van der Waals surface area contributed by atoms with Crippen LogP contribution in [0.3, 0.4) is 0 Å². The van der Waals surface area contributed by atoms with Crippen LogP contribution >= 0.6 is 11.8 Å². The van der Waals surface area contributed by atoms with Gasteiger partial charge in [-0.05, 0) is 40.1 Å². The van der Waals surface area contributed by atoms with Crippen molar-refractivity contribution in [1.82, 2.24) is 4.98 Å². The molecule has 0 radical (unpaired) electrons. The fraction of sp³-hybridized carbons (Fsp3) is 0.0833. The van der Waals surface area contributed by atoms with Crippen LogP contribution in [-0.4, -0.2) is 4.98 Å². The summed E-state index contributed by atoms with van der Waals surface area (Å²) in [4.78, 5) is 6.44. The van der Waals surface area contributed by atoms with Crippen molar-refractivity contribution >= 4 is 44.3 Å². The molecule has 0 amide bonds. The Balaban J connectivity index is 1.65. The summed E-state index contributed by atoms with van der Waals surface area (Å²) in [6.45, 7) is 2.33. The minimum atomic E-state index is 0.404. The van der Waals surface area contributed by atoms with Gasteiger partial charge in [-0.3, -0.25) is 0 Å². The SMILES string of the molecule is CC1c2cc3ccccc3cc2Sc2c1ccc1c2[nH]c2ccccc21. The molecule has 1 nitrogen and oxygen atoms in total. The van der Waals surface area contributed by atoms with Gasteiger partial charge in [0.2, 0.25) is 0 Å². The third kappa shape index (κ3) is 1.88. The number of aromatic amines is 1. The molecule has 1 atom stereocenters. The van der Waals surface area contributed by atoms with E-state index in [4.69, 9.17) is 0 Å². The van der Waals surface area contributed by atoms with Crippen molar-refractivity contribution < 1.29 is 0 Å². The molecule has 0 saturated heterocycles. The van der Waals surface area contributed by atoms with Gasteiger partial charge < -0.3 is 4.98 Å². The first-order valence-corrected chi connectivity index (χ1v) is 9.85. The van der Waals surface area contributed by atoms with Crippen molar-refractivity contribution in [2.24, 2.45) is 0 Å². The predicted octanol–water partition coefficient (Wildman–Crippen LogP) is 7.09. The van der Waals surface area contributed by atoms with Crippen molar-refractivity contribution in [3.8, 4) is 0 Å². The van der Waals surface area contributed by atoms with E-state index in [0.717, 1.165) is 0 Å². The van der Waals surface area contributed by atoms with Crippen LogP contribution in [0.2, 0.25) is 0 Å². The average Bonchev–Trinajstić information content (AvgIpc) is 3.06. The van der Waals surface area contributed by atoms with E-state index in [1.807, 2.05) is 11.8 Å². The first-order chi connectivity index (χ1) is 12.8. The predicted molar refractivity (Wildman–Crippen MR) is 111 cm³/mol. The van der Waals surface area contributed by atoms with E-state index >= 15 is 0 Å². The van der Waals surface area contributed by atoms with Gasteiger partial charge in [0.1, 0.15) is 0 Å². The Kier molecular flexibility index (Phi) is 2.86. The molecule has 1 aliphatic rings. The van der Waals surface area contributed by atoms with Gasteiger partial charge >= 0.3 is 0 Å². The molecule has 0 bridgehead atoms. The maximum atomic E-state index is 3.67. The van der Waals surface area contributed by atoms with Crippen LogP contribution in [0, 0.1) is 0 Å². The Hall–Kier alpha value is -2.71. The smallest absolute Gasteiger partial charge is 0.0609 e. The summed E-state index contributed by atoms with van der Waals surface area (Å²) in [5.41, 5.74) is 5.36.